The largest absolute Gasteiger partial charge is 0.395 e. The molecule has 3 fully saturated rings. The number of hydrogen-bond donors (Lipinski definition) is 3. The quantitative estimate of drug-likeness (QED) is 0.644. The summed E-state index contributed by atoms with van der Waals surface area (Å²) >= 11 is 0. The zero-order chi connectivity index (χ0) is 17.3. The Balaban J connectivity index is 1.74. The molecule has 0 aromatic carbocycles. The van der Waals surface area contributed by atoms with Gasteiger partial charge in [-0.15, -0.1) is 0 Å². The van der Waals surface area contributed by atoms with Crippen molar-refractivity contribution in [2.45, 2.75) is 83.8 Å². The Morgan fingerprint density at radius 3 is 2.42 bits per heavy atom. The second-order valence-electron chi connectivity index (χ2n) is 9.71. The number of fused-ring (bicyclic) bond motifs is 5. The Morgan fingerprint density at radius 2 is 1.71 bits per heavy atom. The van der Waals surface area contributed by atoms with E-state index in [1.165, 1.54) is 12.0 Å². The number of aliphatic hydroxyl groups is 3. The minimum Gasteiger partial charge on any atom is -0.395 e. The van der Waals surface area contributed by atoms with Crippen molar-refractivity contribution in [2.75, 3.05) is 6.61 Å². The minimum atomic E-state index is -0.538. The van der Waals surface area contributed by atoms with E-state index < -0.39 is 5.60 Å². The van der Waals surface area contributed by atoms with Crippen LogP contribution in [0.3, 0.4) is 0 Å². The molecule has 0 unspecified atom stereocenters. The first kappa shape index (κ1) is 17.1. The van der Waals surface area contributed by atoms with Crippen molar-refractivity contribution in [3.63, 3.8) is 0 Å². The van der Waals surface area contributed by atoms with Crippen LogP contribution < -0.4 is 0 Å². The molecule has 0 aromatic rings. The molecule has 0 radical (unpaired) electrons. The molecule has 0 heterocycles. The Labute approximate surface area is 146 Å². The molecule has 0 spiro atoms. The third-order valence-corrected chi connectivity index (χ3v) is 9.16. The van der Waals surface area contributed by atoms with Gasteiger partial charge in [0.2, 0.25) is 0 Å². The van der Waals surface area contributed by atoms with E-state index in [1.807, 2.05) is 6.92 Å². The third kappa shape index (κ3) is 1.95. The zero-order valence-corrected chi connectivity index (χ0v) is 15.5. The fraction of sp³-hybridized carbons (Fsp3) is 0.905. The lowest BCUT2D eigenvalue weighted by Gasteiger charge is -2.60. The molecule has 3 nitrogen and oxygen atoms in total. The minimum absolute atomic E-state index is 0.0370. The molecule has 4 rings (SSSR count). The lowest BCUT2D eigenvalue weighted by atomic mass is 9.45. The smallest absolute Gasteiger partial charge is 0.0750 e. The maximum absolute atomic E-state index is 11.0. The van der Waals surface area contributed by atoms with E-state index >= 15 is 0 Å². The van der Waals surface area contributed by atoms with Gasteiger partial charge in [-0.05, 0) is 94.0 Å². The summed E-state index contributed by atoms with van der Waals surface area (Å²) in [6.45, 7) is 6.67. The van der Waals surface area contributed by atoms with Crippen LogP contribution in [-0.4, -0.2) is 33.6 Å². The van der Waals surface area contributed by atoms with Crippen molar-refractivity contribution < 1.29 is 15.3 Å². The molecular weight excluding hydrogens is 300 g/mol. The van der Waals surface area contributed by atoms with Gasteiger partial charge in [-0.3, -0.25) is 0 Å². The van der Waals surface area contributed by atoms with Gasteiger partial charge in [0.15, 0.2) is 0 Å². The van der Waals surface area contributed by atoms with Gasteiger partial charge in [0, 0.05) is 5.41 Å². The normalized spacial score (nSPS) is 54.2. The molecule has 4 aliphatic carbocycles. The highest BCUT2D eigenvalue weighted by Gasteiger charge is 2.63. The van der Waals surface area contributed by atoms with Gasteiger partial charge in [0.25, 0.3) is 0 Å². The van der Waals surface area contributed by atoms with Crippen molar-refractivity contribution in [1.29, 1.82) is 0 Å². The summed E-state index contributed by atoms with van der Waals surface area (Å²) in [7, 11) is 0. The maximum atomic E-state index is 11.0. The van der Waals surface area contributed by atoms with Crippen LogP contribution in [0, 0.1) is 28.6 Å². The van der Waals surface area contributed by atoms with Gasteiger partial charge in [-0.1, -0.05) is 12.5 Å². The Kier molecular flexibility index (Phi) is 3.77. The molecule has 0 aromatic heterocycles. The van der Waals surface area contributed by atoms with E-state index in [0.29, 0.717) is 17.8 Å². The van der Waals surface area contributed by atoms with Crippen molar-refractivity contribution in [1.82, 2.24) is 0 Å². The fourth-order valence-electron chi connectivity index (χ4n) is 7.43. The van der Waals surface area contributed by atoms with Crippen LogP contribution in [0.25, 0.3) is 0 Å². The molecule has 3 saturated carbocycles. The number of rotatable bonds is 1. The Morgan fingerprint density at radius 1 is 1.00 bits per heavy atom. The Hall–Kier alpha value is -0.380. The molecule has 0 amide bonds. The summed E-state index contributed by atoms with van der Waals surface area (Å²) < 4.78 is 0. The van der Waals surface area contributed by atoms with Gasteiger partial charge < -0.3 is 15.3 Å². The zero-order valence-electron chi connectivity index (χ0n) is 15.5. The van der Waals surface area contributed by atoms with Crippen LogP contribution in [0.2, 0.25) is 0 Å². The van der Waals surface area contributed by atoms with E-state index in [0.717, 1.165) is 50.5 Å². The van der Waals surface area contributed by atoms with Crippen molar-refractivity contribution in [3.05, 3.63) is 11.1 Å². The third-order valence-electron chi connectivity index (χ3n) is 9.16. The maximum Gasteiger partial charge on any atom is 0.0750 e. The summed E-state index contributed by atoms with van der Waals surface area (Å²) in [5.41, 5.74) is 1.92. The van der Waals surface area contributed by atoms with E-state index in [9.17, 15) is 15.3 Å². The predicted molar refractivity (Wildman–Crippen MR) is 94.4 cm³/mol. The number of hydrogen-bond acceptors (Lipinski definition) is 3. The van der Waals surface area contributed by atoms with Crippen LogP contribution in [0.4, 0.5) is 0 Å². The highest BCUT2D eigenvalue weighted by atomic mass is 16.3. The highest BCUT2D eigenvalue weighted by molar-refractivity contribution is 5.32. The molecule has 0 saturated heterocycles. The first-order valence-electron chi connectivity index (χ1n) is 9.98. The first-order valence-corrected chi connectivity index (χ1v) is 9.98. The lowest BCUT2D eigenvalue weighted by molar-refractivity contribution is -0.128. The Bertz CT molecular complexity index is 565. The fourth-order valence-corrected chi connectivity index (χ4v) is 7.43. The molecule has 3 N–H and O–H groups in total. The molecule has 4 aliphatic rings. The SMILES string of the molecule is CC1=C2CC[C@@H]3[C@H](CC[C@@]4(C)[C@H]3CC[C@]4(C)O)[C@@]2(CO)CC[C@H]1O. The van der Waals surface area contributed by atoms with Gasteiger partial charge >= 0.3 is 0 Å². The van der Waals surface area contributed by atoms with E-state index in [1.54, 1.807) is 0 Å². The molecule has 24 heavy (non-hydrogen) atoms. The molecule has 136 valence electrons. The second kappa shape index (κ2) is 5.31. The van der Waals surface area contributed by atoms with Crippen LogP contribution >= 0.6 is 0 Å². The standard InChI is InChI=1S/C21H34O3/c1-13-15-5-4-14-16-7-10-20(3,24)19(16,2)9-6-17(14)21(15,12-22)11-8-18(13)23/h14,16-18,22-24H,4-12H2,1-3H3/t14-,16-,17-,18+,19-,20-,21+/m0/s1. The van der Waals surface area contributed by atoms with Crippen LogP contribution in [-0.2, 0) is 0 Å². The summed E-state index contributed by atoms with van der Waals surface area (Å²) in [5, 5.41) is 31.8. The molecule has 3 heteroatoms. The van der Waals surface area contributed by atoms with Gasteiger partial charge in [0.05, 0.1) is 18.3 Å². The molecule has 0 bridgehead atoms. The predicted octanol–water partition coefficient (Wildman–Crippen LogP) is 3.42. The topological polar surface area (TPSA) is 60.7 Å². The molecule has 0 aliphatic heterocycles. The lowest BCUT2D eigenvalue weighted by Crippen LogP contribution is -2.56. The highest BCUT2D eigenvalue weighted by Crippen LogP contribution is 2.67. The van der Waals surface area contributed by atoms with Gasteiger partial charge in [-0.2, -0.15) is 0 Å². The van der Waals surface area contributed by atoms with Crippen LogP contribution in [0.5, 0.6) is 0 Å². The van der Waals surface area contributed by atoms with Crippen LogP contribution in [0.15, 0.2) is 11.1 Å². The summed E-state index contributed by atoms with van der Waals surface area (Å²) in [6.07, 6.45) is 7.84. The van der Waals surface area contributed by atoms with E-state index in [4.69, 9.17) is 0 Å². The first-order chi connectivity index (χ1) is 11.3. The van der Waals surface area contributed by atoms with Gasteiger partial charge in [-0.25, -0.2) is 0 Å². The van der Waals surface area contributed by atoms with E-state index in [-0.39, 0.29) is 23.5 Å². The van der Waals surface area contributed by atoms with Gasteiger partial charge in [0.1, 0.15) is 0 Å². The monoisotopic (exact) mass is 334 g/mol. The van der Waals surface area contributed by atoms with E-state index in [2.05, 4.69) is 13.8 Å². The summed E-state index contributed by atoms with van der Waals surface area (Å²) in [5.74, 6) is 1.74. The second-order valence-corrected chi connectivity index (χ2v) is 9.71. The summed E-state index contributed by atoms with van der Waals surface area (Å²) in [6, 6.07) is 0. The number of aliphatic hydroxyl groups excluding tert-OH is 2. The van der Waals surface area contributed by atoms with Crippen LogP contribution in [0.1, 0.15) is 72.1 Å². The average Bonchev–Trinajstić information content (AvgIpc) is 2.80. The van der Waals surface area contributed by atoms with Crippen molar-refractivity contribution in [3.8, 4) is 0 Å². The van der Waals surface area contributed by atoms with Crippen molar-refractivity contribution >= 4 is 0 Å². The molecular formula is C21H34O3. The molecule has 7 atom stereocenters. The average molecular weight is 335 g/mol. The van der Waals surface area contributed by atoms with Crippen molar-refractivity contribution in [2.24, 2.45) is 28.6 Å². The summed E-state index contributed by atoms with van der Waals surface area (Å²) in [4.78, 5) is 0.